The molecule has 0 bridgehead atoms. The van der Waals surface area contributed by atoms with E-state index in [9.17, 15) is 24.5 Å². The molecule has 29 heavy (non-hydrogen) atoms. The van der Waals surface area contributed by atoms with E-state index in [1.54, 1.807) is 12.1 Å². The van der Waals surface area contributed by atoms with Crippen LogP contribution in [0.15, 0.2) is 42.5 Å². The normalized spacial score (nSPS) is 18.5. The number of carbonyl (C=O) groups excluding carboxylic acids is 3. The van der Waals surface area contributed by atoms with Crippen molar-refractivity contribution in [2.24, 2.45) is 0 Å². The van der Waals surface area contributed by atoms with Gasteiger partial charge >= 0.3 is 6.03 Å². The number of non-ortho nitro benzene ring substituents is 1. The second-order valence-corrected chi connectivity index (χ2v) is 7.17. The number of imide groups is 1. The summed E-state index contributed by atoms with van der Waals surface area (Å²) in [6, 6.07) is 10.2. The summed E-state index contributed by atoms with van der Waals surface area (Å²) in [5.41, 5.74) is 1.38. The Balaban J connectivity index is 1.75. The van der Waals surface area contributed by atoms with Crippen LogP contribution in [0.2, 0.25) is 0 Å². The lowest BCUT2D eigenvalue weighted by Gasteiger charge is -2.22. The third kappa shape index (κ3) is 3.93. The molecule has 1 saturated heterocycles. The summed E-state index contributed by atoms with van der Waals surface area (Å²) < 4.78 is 0. The van der Waals surface area contributed by atoms with Gasteiger partial charge in [0.25, 0.3) is 11.6 Å². The average molecular weight is 396 g/mol. The molecular formula is C20H20N4O5. The van der Waals surface area contributed by atoms with E-state index in [0.29, 0.717) is 11.3 Å². The van der Waals surface area contributed by atoms with Gasteiger partial charge in [0.05, 0.1) is 4.92 Å². The number of benzene rings is 2. The molecule has 9 nitrogen and oxygen atoms in total. The third-order valence-corrected chi connectivity index (χ3v) is 4.74. The lowest BCUT2D eigenvalue weighted by Crippen LogP contribution is -2.42. The van der Waals surface area contributed by atoms with Crippen LogP contribution in [0.4, 0.5) is 16.2 Å². The van der Waals surface area contributed by atoms with E-state index in [4.69, 9.17) is 0 Å². The van der Waals surface area contributed by atoms with E-state index in [1.165, 1.54) is 31.2 Å². The maximum absolute atomic E-state index is 12.9. The number of hydrogen-bond donors (Lipinski definition) is 2. The van der Waals surface area contributed by atoms with E-state index in [2.05, 4.69) is 10.6 Å². The Morgan fingerprint density at radius 3 is 2.28 bits per heavy atom. The standard InChI is InChI=1S/C20H20N4O5/c1-12-8-13(2)10-15(9-12)21-17(25)11-23-18(26)20(3,22-19(23)27)14-4-6-16(7-5-14)24(28)29/h4-10H,11H2,1-3H3,(H,21,25)(H,22,27)/t20-/m0/s1. The van der Waals surface area contributed by atoms with Gasteiger partial charge in [0.15, 0.2) is 0 Å². The van der Waals surface area contributed by atoms with E-state index in [-0.39, 0.29) is 5.69 Å². The van der Waals surface area contributed by atoms with E-state index >= 15 is 0 Å². The number of carbonyl (C=O) groups is 3. The van der Waals surface area contributed by atoms with Gasteiger partial charge in [-0.2, -0.15) is 0 Å². The molecule has 2 aromatic carbocycles. The first-order chi connectivity index (χ1) is 13.6. The van der Waals surface area contributed by atoms with Crippen LogP contribution in [0.25, 0.3) is 0 Å². The van der Waals surface area contributed by atoms with Crippen molar-refractivity contribution in [3.05, 3.63) is 69.3 Å². The van der Waals surface area contributed by atoms with Gasteiger partial charge in [-0.3, -0.25) is 24.6 Å². The number of hydrogen-bond acceptors (Lipinski definition) is 5. The van der Waals surface area contributed by atoms with E-state index in [1.807, 2.05) is 19.9 Å². The molecule has 0 unspecified atom stereocenters. The molecule has 4 amide bonds. The fraction of sp³-hybridized carbons (Fsp3) is 0.250. The first-order valence-electron chi connectivity index (χ1n) is 8.87. The number of aryl methyl sites for hydroxylation is 2. The van der Waals surface area contributed by atoms with Gasteiger partial charge in [0.2, 0.25) is 5.91 Å². The SMILES string of the molecule is Cc1cc(C)cc(NC(=O)CN2C(=O)N[C@@](C)(c3ccc([N+](=O)[O-])cc3)C2=O)c1. The summed E-state index contributed by atoms with van der Waals surface area (Å²) in [6.45, 7) is 4.85. The van der Waals surface area contributed by atoms with Crippen molar-refractivity contribution in [1.29, 1.82) is 0 Å². The van der Waals surface area contributed by atoms with Gasteiger partial charge in [-0.15, -0.1) is 0 Å². The van der Waals surface area contributed by atoms with Crippen molar-refractivity contribution in [3.63, 3.8) is 0 Å². The lowest BCUT2D eigenvalue weighted by atomic mass is 9.92. The van der Waals surface area contributed by atoms with Gasteiger partial charge < -0.3 is 10.6 Å². The van der Waals surface area contributed by atoms with E-state index in [0.717, 1.165) is 16.0 Å². The predicted molar refractivity (Wildman–Crippen MR) is 105 cm³/mol. The van der Waals surface area contributed by atoms with Crippen LogP contribution in [-0.2, 0) is 15.1 Å². The van der Waals surface area contributed by atoms with Crippen LogP contribution in [0.1, 0.15) is 23.6 Å². The minimum atomic E-state index is -1.41. The summed E-state index contributed by atoms with van der Waals surface area (Å²) >= 11 is 0. The minimum Gasteiger partial charge on any atom is -0.325 e. The number of urea groups is 1. The number of amides is 4. The Morgan fingerprint density at radius 2 is 1.72 bits per heavy atom. The summed E-state index contributed by atoms with van der Waals surface area (Å²) in [6.07, 6.45) is 0. The fourth-order valence-electron chi connectivity index (χ4n) is 3.34. The quantitative estimate of drug-likeness (QED) is 0.457. The van der Waals surface area contributed by atoms with Gasteiger partial charge in [-0.05, 0) is 61.7 Å². The number of nitrogens with one attached hydrogen (secondary N) is 2. The number of nitro benzene ring substituents is 1. The van der Waals surface area contributed by atoms with Crippen LogP contribution < -0.4 is 10.6 Å². The van der Waals surface area contributed by atoms with Crippen LogP contribution in [0.3, 0.4) is 0 Å². The Kier molecular flexibility index (Phi) is 5.06. The molecule has 1 atom stereocenters. The minimum absolute atomic E-state index is 0.126. The zero-order valence-corrected chi connectivity index (χ0v) is 16.2. The number of rotatable bonds is 5. The number of nitrogens with zero attached hydrogens (tertiary/aromatic N) is 2. The highest BCUT2D eigenvalue weighted by Crippen LogP contribution is 2.30. The molecule has 150 valence electrons. The molecule has 1 fully saturated rings. The Labute approximate surface area is 166 Å². The molecule has 0 radical (unpaired) electrons. The van der Waals surface area contributed by atoms with Gasteiger partial charge in [-0.25, -0.2) is 4.79 Å². The molecular weight excluding hydrogens is 376 g/mol. The van der Waals surface area contributed by atoms with Crippen molar-refractivity contribution in [1.82, 2.24) is 10.2 Å². The van der Waals surface area contributed by atoms with Gasteiger partial charge in [0.1, 0.15) is 12.1 Å². The summed E-state index contributed by atoms with van der Waals surface area (Å²) in [5.74, 6) is -1.11. The molecule has 2 aromatic rings. The van der Waals surface area contributed by atoms with Gasteiger partial charge in [-0.1, -0.05) is 6.07 Å². The number of anilines is 1. The Hall–Kier alpha value is -3.75. The fourth-order valence-corrected chi connectivity index (χ4v) is 3.34. The zero-order chi connectivity index (χ0) is 21.3. The first kappa shape index (κ1) is 20.0. The molecule has 1 aliphatic heterocycles. The zero-order valence-electron chi connectivity index (χ0n) is 16.2. The van der Waals surface area contributed by atoms with Crippen molar-refractivity contribution in [2.45, 2.75) is 26.3 Å². The van der Waals surface area contributed by atoms with Gasteiger partial charge in [0, 0.05) is 17.8 Å². The van der Waals surface area contributed by atoms with Crippen LogP contribution in [-0.4, -0.2) is 34.2 Å². The van der Waals surface area contributed by atoms with Crippen LogP contribution >= 0.6 is 0 Å². The smallest absolute Gasteiger partial charge is 0.325 e. The topological polar surface area (TPSA) is 122 Å². The molecule has 9 heteroatoms. The summed E-state index contributed by atoms with van der Waals surface area (Å²) in [7, 11) is 0. The number of nitro groups is 1. The molecule has 0 spiro atoms. The lowest BCUT2D eigenvalue weighted by molar-refractivity contribution is -0.384. The average Bonchev–Trinajstić information content (AvgIpc) is 2.85. The largest absolute Gasteiger partial charge is 0.325 e. The summed E-state index contributed by atoms with van der Waals surface area (Å²) in [4.78, 5) is 48.7. The highest BCUT2D eigenvalue weighted by molar-refractivity contribution is 6.10. The van der Waals surface area contributed by atoms with Crippen molar-refractivity contribution >= 4 is 29.2 Å². The molecule has 2 N–H and O–H groups in total. The monoisotopic (exact) mass is 396 g/mol. The molecule has 0 aliphatic carbocycles. The maximum Gasteiger partial charge on any atom is 0.325 e. The third-order valence-electron chi connectivity index (χ3n) is 4.74. The predicted octanol–water partition coefficient (Wildman–Crippen LogP) is 2.62. The Bertz CT molecular complexity index is 998. The highest BCUT2D eigenvalue weighted by atomic mass is 16.6. The van der Waals surface area contributed by atoms with Crippen molar-refractivity contribution < 1.29 is 19.3 Å². The van der Waals surface area contributed by atoms with Crippen LogP contribution in [0, 0.1) is 24.0 Å². The molecule has 0 aromatic heterocycles. The van der Waals surface area contributed by atoms with E-state index < -0.39 is 34.9 Å². The Morgan fingerprint density at radius 1 is 1.14 bits per heavy atom. The van der Waals surface area contributed by atoms with Crippen molar-refractivity contribution in [2.75, 3.05) is 11.9 Å². The first-order valence-corrected chi connectivity index (χ1v) is 8.87. The maximum atomic E-state index is 12.9. The van der Waals surface area contributed by atoms with Crippen LogP contribution in [0.5, 0.6) is 0 Å². The molecule has 3 rings (SSSR count). The summed E-state index contributed by atoms with van der Waals surface area (Å²) in [5, 5.41) is 16.1. The second-order valence-electron chi connectivity index (χ2n) is 7.17. The van der Waals surface area contributed by atoms with Crippen molar-refractivity contribution in [3.8, 4) is 0 Å². The molecule has 0 saturated carbocycles. The molecule has 1 aliphatic rings. The highest BCUT2D eigenvalue weighted by Gasteiger charge is 2.49. The molecule has 1 heterocycles. The second kappa shape index (κ2) is 7.34.